The van der Waals surface area contributed by atoms with Crippen molar-refractivity contribution >= 4 is 21.6 Å². The fourth-order valence-electron chi connectivity index (χ4n) is 3.13. The standard InChI is InChI=1S/C23H32N2O3S/c1-4-6-10-20(5-2)17-24-23(26)18-25(21-11-8-7-9-12-21)29(27,28)22-15-13-19(3)14-16-22/h7-9,11-16,20H,4-6,10,17-18H2,1-3H3,(H,24,26). The minimum Gasteiger partial charge on any atom is -0.354 e. The number of nitrogens with zero attached hydrogens (tertiary/aromatic N) is 1. The number of para-hydroxylation sites is 1. The first-order valence-electron chi connectivity index (χ1n) is 10.3. The maximum atomic E-state index is 13.3. The molecule has 6 heteroatoms. The molecule has 0 saturated heterocycles. The van der Waals surface area contributed by atoms with E-state index >= 15 is 0 Å². The van der Waals surface area contributed by atoms with Crippen molar-refractivity contribution in [3.8, 4) is 0 Å². The Hall–Kier alpha value is -2.34. The molecule has 0 aliphatic heterocycles. The van der Waals surface area contributed by atoms with Crippen LogP contribution < -0.4 is 9.62 Å². The van der Waals surface area contributed by atoms with Crippen LogP contribution in [-0.4, -0.2) is 27.4 Å². The van der Waals surface area contributed by atoms with Crippen LogP contribution in [0.2, 0.25) is 0 Å². The molecule has 1 atom stereocenters. The van der Waals surface area contributed by atoms with Gasteiger partial charge in [0, 0.05) is 6.54 Å². The van der Waals surface area contributed by atoms with Crippen LogP contribution >= 0.6 is 0 Å². The van der Waals surface area contributed by atoms with Gasteiger partial charge < -0.3 is 5.32 Å². The van der Waals surface area contributed by atoms with E-state index in [-0.39, 0.29) is 17.3 Å². The molecule has 0 heterocycles. The molecule has 1 unspecified atom stereocenters. The molecular weight excluding hydrogens is 384 g/mol. The molecule has 29 heavy (non-hydrogen) atoms. The summed E-state index contributed by atoms with van der Waals surface area (Å²) in [5.41, 5.74) is 1.45. The fraction of sp³-hybridized carbons (Fsp3) is 0.435. The lowest BCUT2D eigenvalue weighted by atomic mass is 9.99. The van der Waals surface area contributed by atoms with E-state index < -0.39 is 10.0 Å². The van der Waals surface area contributed by atoms with Crippen LogP contribution in [0.25, 0.3) is 0 Å². The third-order valence-corrected chi connectivity index (χ3v) is 6.86. The van der Waals surface area contributed by atoms with Gasteiger partial charge in [-0.15, -0.1) is 0 Å². The summed E-state index contributed by atoms with van der Waals surface area (Å²) in [5.74, 6) is 0.122. The number of unbranched alkanes of at least 4 members (excludes halogenated alkanes) is 1. The zero-order valence-corrected chi connectivity index (χ0v) is 18.4. The number of benzene rings is 2. The normalized spacial score (nSPS) is 12.4. The molecule has 0 fully saturated rings. The molecule has 0 bridgehead atoms. The van der Waals surface area contributed by atoms with Gasteiger partial charge in [0.1, 0.15) is 6.54 Å². The Morgan fingerprint density at radius 1 is 1.03 bits per heavy atom. The summed E-state index contributed by atoms with van der Waals surface area (Å²) in [6.07, 6.45) is 4.31. The summed E-state index contributed by atoms with van der Waals surface area (Å²) in [6, 6.07) is 15.4. The van der Waals surface area contributed by atoms with Gasteiger partial charge in [0.25, 0.3) is 10.0 Å². The molecule has 2 rings (SSSR count). The van der Waals surface area contributed by atoms with Crippen molar-refractivity contribution in [2.45, 2.75) is 51.3 Å². The minimum absolute atomic E-state index is 0.175. The predicted molar refractivity (Wildman–Crippen MR) is 118 cm³/mol. The molecule has 0 aliphatic carbocycles. The molecule has 0 aliphatic rings. The zero-order chi connectivity index (χ0) is 21.3. The molecule has 2 aromatic rings. The molecule has 5 nitrogen and oxygen atoms in total. The minimum atomic E-state index is -3.85. The number of nitrogens with one attached hydrogen (secondary N) is 1. The number of hydrogen-bond acceptors (Lipinski definition) is 3. The van der Waals surface area contributed by atoms with Crippen LogP contribution in [0, 0.1) is 12.8 Å². The highest BCUT2D eigenvalue weighted by molar-refractivity contribution is 7.92. The van der Waals surface area contributed by atoms with Crippen LogP contribution in [0.15, 0.2) is 59.5 Å². The average Bonchev–Trinajstić information content (AvgIpc) is 2.73. The van der Waals surface area contributed by atoms with Crippen LogP contribution in [-0.2, 0) is 14.8 Å². The van der Waals surface area contributed by atoms with E-state index in [1.54, 1.807) is 48.5 Å². The van der Waals surface area contributed by atoms with E-state index in [0.29, 0.717) is 18.2 Å². The molecule has 0 spiro atoms. The van der Waals surface area contributed by atoms with Gasteiger partial charge in [0.15, 0.2) is 0 Å². The third kappa shape index (κ3) is 6.60. The lowest BCUT2D eigenvalue weighted by Crippen LogP contribution is -2.42. The van der Waals surface area contributed by atoms with Gasteiger partial charge in [-0.1, -0.05) is 69.0 Å². The monoisotopic (exact) mass is 416 g/mol. The summed E-state index contributed by atoms with van der Waals surface area (Å²) in [4.78, 5) is 12.8. The highest BCUT2D eigenvalue weighted by atomic mass is 32.2. The van der Waals surface area contributed by atoms with Crippen molar-refractivity contribution in [1.82, 2.24) is 5.32 Å². The molecule has 158 valence electrons. The first kappa shape index (κ1) is 22.9. The lowest BCUT2D eigenvalue weighted by Gasteiger charge is -2.24. The van der Waals surface area contributed by atoms with Crippen LogP contribution in [0.5, 0.6) is 0 Å². The van der Waals surface area contributed by atoms with Crippen molar-refractivity contribution in [2.24, 2.45) is 5.92 Å². The fourth-order valence-corrected chi connectivity index (χ4v) is 4.56. The number of amides is 1. The summed E-state index contributed by atoms with van der Waals surface area (Å²) < 4.78 is 27.7. The van der Waals surface area contributed by atoms with Gasteiger partial charge in [0.05, 0.1) is 10.6 Å². The molecule has 0 saturated carbocycles. The van der Waals surface area contributed by atoms with Gasteiger partial charge in [-0.2, -0.15) is 0 Å². The van der Waals surface area contributed by atoms with Gasteiger partial charge in [-0.3, -0.25) is 9.10 Å². The highest BCUT2D eigenvalue weighted by Gasteiger charge is 2.27. The maximum Gasteiger partial charge on any atom is 0.264 e. The van der Waals surface area contributed by atoms with Crippen molar-refractivity contribution in [3.63, 3.8) is 0 Å². The summed E-state index contributed by atoms with van der Waals surface area (Å²) in [5, 5.41) is 2.93. The van der Waals surface area contributed by atoms with E-state index in [2.05, 4.69) is 19.2 Å². The Bertz CT molecular complexity index is 865. The van der Waals surface area contributed by atoms with Crippen molar-refractivity contribution in [3.05, 3.63) is 60.2 Å². The lowest BCUT2D eigenvalue weighted by molar-refractivity contribution is -0.119. The van der Waals surface area contributed by atoms with Crippen molar-refractivity contribution in [1.29, 1.82) is 0 Å². The first-order valence-corrected chi connectivity index (χ1v) is 11.7. The van der Waals surface area contributed by atoms with Crippen LogP contribution in [0.1, 0.15) is 45.1 Å². The third-order valence-electron chi connectivity index (χ3n) is 5.07. The summed E-state index contributed by atoms with van der Waals surface area (Å²) in [7, 11) is -3.85. The van der Waals surface area contributed by atoms with Crippen LogP contribution in [0.3, 0.4) is 0 Å². The number of hydrogen-bond donors (Lipinski definition) is 1. The first-order chi connectivity index (χ1) is 13.9. The van der Waals surface area contributed by atoms with E-state index in [0.717, 1.165) is 31.2 Å². The van der Waals surface area contributed by atoms with Gasteiger partial charge >= 0.3 is 0 Å². The van der Waals surface area contributed by atoms with E-state index in [9.17, 15) is 13.2 Å². The molecular formula is C23H32N2O3S. The highest BCUT2D eigenvalue weighted by Crippen LogP contribution is 2.23. The Morgan fingerprint density at radius 2 is 1.69 bits per heavy atom. The van der Waals surface area contributed by atoms with E-state index in [1.165, 1.54) is 4.31 Å². The average molecular weight is 417 g/mol. The Morgan fingerprint density at radius 3 is 2.28 bits per heavy atom. The van der Waals surface area contributed by atoms with Gasteiger partial charge in [-0.05, 0) is 43.5 Å². The molecule has 1 N–H and O–H groups in total. The zero-order valence-electron chi connectivity index (χ0n) is 17.6. The second-order valence-corrected chi connectivity index (χ2v) is 9.24. The molecule has 2 aromatic carbocycles. The molecule has 0 radical (unpaired) electrons. The number of sulfonamides is 1. The Labute approximate surface area is 175 Å². The number of carbonyl (C=O) groups excluding carboxylic acids is 1. The molecule has 1 amide bonds. The van der Waals surface area contributed by atoms with E-state index in [4.69, 9.17) is 0 Å². The summed E-state index contributed by atoms with van der Waals surface area (Å²) in [6.45, 7) is 6.50. The number of anilines is 1. The number of carbonyl (C=O) groups is 1. The quantitative estimate of drug-likeness (QED) is 0.585. The molecule has 0 aromatic heterocycles. The van der Waals surface area contributed by atoms with Gasteiger partial charge in [-0.25, -0.2) is 8.42 Å². The number of rotatable bonds is 11. The second-order valence-electron chi connectivity index (χ2n) is 7.38. The summed E-state index contributed by atoms with van der Waals surface area (Å²) >= 11 is 0. The van der Waals surface area contributed by atoms with E-state index in [1.807, 2.05) is 13.0 Å². The number of aryl methyl sites for hydroxylation is 1. The Balaban J connectivity index is 2.19. The SMILES string of the molecule is CCCCC(CC)CNC(=O)CN(c1ccccc1)S(=O)(=O)c1ccc(C)cc1. The Kier molecular flexibility index (Phi) is 8.70. The topological polar surface area (TPSA) is 66.5 Å². The maximum absolute atomic E-state index is 13.3. The van der Waals surface area contributed by atoms with Crippen molar-refractivity contribution < 1.29 is 13.2 Å². The largest absolute Gasteiger partial charge is 0.354 e. The smallest absolute Gasteiger partial charge is 0.264 e. The van der Waals surface area contributed by atoms with Gasteiger partial charge in [0.2, 0.25) is 5.91 Å². The van der Waals surface area contributed by atoms with Crippen LogP contribution in [0.4, 0.5) is 5.69 Å². The van der Waals surface area contributed by atoms with Crippen molar-refractivity contribution in [2.75, 3.05) is 17.4 Å². The second kappa shape index (κ2) is 11.0. The predicted octanol–water partition coefficient (Wildman–Crippen LogP) is 4.52.